The largest absolute Gasteiger partial charge is 0.495 e. The summed E-state index contributed by atoms with van der Waals surface area (Å²) in [6.45, 7) is 7.41. The number of rotatable bonds is 9. The van der Waals surface area contributed by atoms with Crippen LogP contribution in [-0.4, -0.2) is 63.2 Å². The van der Waals surface area contributed by atoms with E-state index in [1.165, 1.54) is 7.11 Å². The Morgan fingerprint density at radius 2 is 1.83 bits per heavy atom. The highest BCUT2D eigenvalue weighted by Crippen LogP contribution is 2.35. The van der Waals surface area contributed by atoms with Gasteiger partial charge in [0.25, 0.3) is 10.1 Å². The van der Waals surface area contributed by atoms with Gasteiger partial charge in [-0.25, -0.2) is 0 Å². The quantitative estimate of drug-likeness (QED) is 0.248. The molecule has 2 rings (SSSR count). The summed E-state index contributed by atoms with van der Waals surface area (Å²) in [6, 6.07) is 7.08. The van der Waals surface area contributed by atoms with Gasteiger partial charge in [0, 0.05) is 12.1 Å². The molecule has 1 aromatic heterocycles. The molecule has 0 fully saturated rings. The number of hydrogen-bond acceptors (Lipinski definition) is 7. The first-order chi connectivity index (χ1) is 14.1. The molecule has 0 bridgehead atoms. The molecule has 11 heteroatoms. The predicted molar refractivity (Wildman–Crippen MR) is 119 cm³/mol. The van der Waals surface area contributed by atoms with Gasteiger partial charge < -0.3 is 18.9 Å². The van der Waals surface area contributed by atoms with Gasteiger partial charge in [-0.1, -0.05) is 42.2 Å². The predicted octanol–water partition coefficient (Wildman–Crippen LogP) is 4.21. The third kappa shape index (κ3) is 8.93. The zero-order valence-electron chi connectivity index (χ0n) is 17.3. The van der Waals surface area contributed by atoms with Crippen LogP contribution in [0.1, 0.15) is 25.2 Å². The Hall–Kier alpha value is -1.78. The minimum Gasteiger partial charge on any atom is -0.495 e. The van der Waals surface area contributed by atoms with Gasteiger partial charge in [-0.15, -0.1) is 0 Å². The molecule has 0 spiro atoms. The number of halogens is 2. The number of nitrogens with zero attached hydrogens (tertiary/aromatic N) is 2. The van der Waals surface area contributed by atoms with Crippen molar-refractivity contribution in [3.05, 3.63) is 51.9 Å². The molecule has 30 heavy (non-hydrogen) atoms. The summed E-state index contributed by atoms with van der Waals surface area (Å²) < 4.78 is 36.5. The number of ether oxygens (including phenoxy) is 1. The third-order valence-electron chi connectivity index (χ3n) is 3.83. The number of furan rings is 1. The first-order valence-corrected chi connectivity index (χ1v) is 11.6. The fraction of sp³-hybridized carbons (Fsp3) is 0.421. The summed E-state index contributed by atoms with van der Waals surface area (Å²) in [5, 5.41) is 4.91. The molecule has 1 N–H and O–H groups in total. The average molecular weight is 481 g/mol. The van der Waals surface area contributed by atoms with Crippen molar-refractivity contribution in [2.45, 2.75) is 13.8 Å². The fourth-order valence-corrected chi connectivity index (χ4v) is 2.82. The van der Waals surface area contributed by atoms with Gasteiger partial charge in [-0.2, -0.15) is 8.42 Å². The maximum Gasteiger partial charge on any atom is 0.261 e. The zero-order chi connectivity index (χ0) is 22.7. The minimum atomic E-state index is -3.67. The third-order valence-corrected chi connectivity index (χ3v) is 4.69. The number of oxime groups is 1. The number of benzene rings is 1. The molecule has 0 saturated heterocycles. The highest BCUT2D eigenvalue weighted by Gasteiger charge is 2.19. The van der Waals surface area contributed by atoms with Gasteiger partial charge in [0.15, 0.2) is 11.5 Å². The lowest BCUT2D eigenvalue weighted by atomic mass is 10.1. The summed E-state index contributed by atoms with van der Waals surface area (Å²) in [5.41, 5.74) is 1.10. The van der Waals surface area contributed by atoms with E-state index in [0.29, 0.717) is 45.7 Å². The molecule has 168 valence electrons. The zero-order valence-corrected chi connectivity index (χ0v) is 19.6. The van der Waals surface area contributed by atoms with E-state index >= 15 is 0 Å². The molecule has 0 saturated carbocycles. The lowest BCUT2D eigenvalue weighted by Gasteiger charge is -2.16. The molecule has 0 aliphatic rings. The van der Waals surface area contributed by atoms with Crippen molar-refractivity contribution in [1.82, 2.24) is 4.90 Å². The van der Waals surface area contributed by atoms with Gasteiger partial charge in [-0.3, -0.25) is 4.55 Å². The summed E-state index contributed by atoms with van der Waals surface area (Å²) >= 11 is 12.7. The molecule has 0 unspecified atom stereocenters. The van der Waals surface area contributed by atoms with Gasteiger partial charge >= 0.3 is 0 Å². The van der Waals surface area contributed by atoms with Crippen LogP contribution in [-0.2, 0) is 15.0 Å². The second-order valence-corrected chi connectivity index (χ2v) is 8.18. The van der Waals surface area contributed by atoms with E-state index in [2.05, 4.69) is 23.9 Å². The van der Waals surface area contributed by atoms with Crippen LogP contribution in [0.5, 0.6) is 5.75 Å². The molecule has 0 aliphatic heterocycles. The lowest BCUT2D eigenvalue weighted by molar-refractivity contribution is 0.114. The summed E-state index contributed by atoms with van der Waals surface area (Å²) in [5.74, 6) is 1.04. The van der Waals surface area contributed by atoms with E-state index in [1.54, 1.807) is 30.5 Å². The molecule has 1 heterocycles. The Kier molecular flexibility index (Phi) is 11.2. The summed E-state index contributed by atoms with van der Waals surface area (Å²) in [7, 11) is -2.13. The van der Waals surface area contributed by atoms with E-state index in [4.69, 9.17) is 41.7 Å². The Morgan fingerprint density at radius 1 is 1.20 bits per heavy atom. The van der Waals surface area contributed by atoms with Crippen LogP contribution in [0, 0.1) is 0 Å². The van der Waals surface area contributed by atoms with E-state index in [-0.39, 0.29) is 0 Å². The van der Waals surface area contributed by atoms with Crippen molar-refractivity contribution < 1.29 is 27.0 Å². The number of likely N-dealkylation sites (N-methyl/N-ethyl adjacent to an activating group) is 1. The van der Waals surface area contributed by atoms with Gasteiger partial charge in [0.1, 0.15) is 17.4 Å². The topological polar surface area (TPSA) is 102 Å². The van der Waals surface area contributed by atoms with Crippen molar-refractivity contribution in [2.24, 2.45) is 5.16 Å². The van der Waals surface area contributed by atoms with Crippen LogP contribution in [0.4, 0.5) is 0 Å². The van der Waals surface area contributed by atoms with Crippen molar-refractivity contribution in [2.75, 3.05) is 39.6 Å². The first-order valence-electron chi connectivity index (χ1n) is 9.03. The fourth-order valence-electron chi connectivity index (χ4n) is 2.33. The van der Waals surface area contributed by atoms with Crippen molar-refractivity contribution in [3.8, 4) is 5.75 Å². The normalized spacial score (nSPS) is 11.8. The number of hydrogen-bond donors (Lipinski definition) is 1. The Morgan fingerprint density at radius 3 is 2.33 bits per heavy atom. The molecular formula is C19H26Cl2N2O6S. The standard InChI is InChI=1S/C18H22Cl2N2O3.CH4O3S/c1-4-22(5-2)10-12-25-21-18(15-7-6-11-24-15)13-8-9-14(23-3)17(20)16(13)19;1-5(2,3)4/h6-9,11H,4-5,10,12H2,1-3H3;1H3,(H,2,3,4)/b21-18+;. The Labute approximate surface area is 187 Å². The van der Waals surface area contributed by atoms with Crippen molar-refractivity contribution in [3.63, 3.8) is 0 Å². The lowest BCUT2D eigenvalue weighted by Crippen LogP contribution is -2.26. The minimum absolute atomic E-state index is 0.323. The van der Waals surface area contributed by atoms with Crippen LogP contribution < -0.4 is 4.74 Å². The van der Waals surface area contributed by atoms with Gasteiger partial charge in [0.05, 0.1) is 24.7 Å². The van der Waals surface area contributed by atoms with Crippen LogP contribution in [0.2, 0.25) is 10.0 Å². The van der Waals surface area contributed by atoms with E-state index in [9.17, 15) is 8.42 Å². The highest BCUT2D eigenvalue weighted by molar-refractivity contribution is 7.85. The van der Waals surface area contributed by atoms with Crippen LogP contribution >= 0.6 is 23.2 Å². The molecule has 2 aromatic rings. The SMILES string of the molecule is CCN(CC)CCO/N=C(/c1ccco1)c1ccc(OC)c(Cl)c1Cl.CS(=O)(=O)O. The van der Waals surface area contributed by atoms with Crippen molar-refractivity contribution in [1.29, 1.82) is 0 Å². The van der Waals surface area contributed by atoms with E-state index in [0.717, 1.165) is 19.6 Å². The molecule has 0 aliphatic carbocycles. The number of methoxy groups -OCH3 is 1. The summed E-state index contributed by atoms with van der Waals surface area (Å²) in [6.07, 6.45) is 2.28. The van der Waals surface area contributed by atoms with Crippen LogP contribution in [0.15, 0.2) is 40.1 Å². The van der Waals surface area contributed by atoms with Gasteiger partial charge in [-0.05, 0) is 37.4 Å². The van der Waals surface area contributed by atoms with E-state index in [1.807, 2.05) is 0 Å². The molecule has 0 atom stereocenters. The van der Waals surface area contributed by atoms with Crippen LogP contribution in [0.25, 0.3) is 0 Å². The second kappa shape index (κ2) is 12.8. The smallest absolute Gasteiger partial charge is 0.261 e. The highest BCUT2D eigenvalue weighted by atomic mass is 35.5. The van der Waals surface area contributed by atoms with E-state index < -0.39 is 10.1 Å². The average Bonchev–Trinajstić information content (AvgIpc) is 3.21. The molecule has 1 aromatic carbocycles. The first kappa shape index (κ1) is 26.3. The Balaban J connectivity index is 0.000000804. The maximum atomic E-state index is 9.19. The van der Waals surface area contributed by atoms with Crippen molar-refractivity contribution >= 4 is 39.0 Å². The maximum absolute atomic E-state index is 9.19. The monoisotopic (exact) mass is 480 g/mol. The molecule has 8 nitrogen and oxygen atoms in total. The van der Waals surface area contributed by atoms with Crippen LogP contribution in [0.3, 0.4) is 0 Å². The summed E-state index contributed by atoms with van der Waals surface area (Å²) in [4.78, 5) is 7.76. The molecule has 0 radical (unpaired) electrons. The Bertz CT molecular complexity index is 905. The molecule has 0 amide bonds. The van der Waals surface area contributed by atoms with Gasteiger partial charge in [0.2, 0.25) is 0 Å². The second-order valence-electron chi connectivity index (χ2n) is 5.95. The molecular weight excluding hydrogens is 455 g/mol.